The fourth-order valence-corrected chi connectivity index (χ4v) is 1.71. The summed E-state index contributed by atoms with van der Waals surface area (Å²) in [4.78, 5) is 11.9. The lowest BCUT2D eigenvalue weighted by Gasteiger charge is -2.11. The van der Waals surface area contributed by atoms with Crippen molar-refractivity contribution < 1.29 is 9.53 Å². The summed E-state index contributed by atoms with van der Waals surface area (Å²) < 4.78 is 6.44. The van der Waals surface area contributed by atoms with Gasteiger partial charge in [-0.15, -0.1) is 0 Å². The number of hydrogen-bond donors (Lipinski definition) is 1. The van der Waals surface area contributed by atoms with Crippen LogP contribution in [0.1, 0.15) is 37.0 Å². The molecule has 0 heterocycles. The maximum Gasteiger partial charge on any atom is 0.255 e. The third-order valence-corrected chi connectivity index (χ3v) is 2.68. The van der Waals surface area contributed by atoms with Gasteiger partial charge in [0.15, 0.2) is 0 Å². The molecule has 1 aromatic rings. The molecule has 17 heavy (non-hydrogen) atoms. The Bertz CT molecular complexity index is 380. The van der Waals surface area contributed by atoms with E-state index in [1.807, 2.05) is 26.0 Å². The molecule has 94 valence electrons. The Labute approximate surface area is 111 Å². The van der Waals surface area contributed by atoms with Gasteiger partial charge in [-0.05, 0) is 31.0 Å². The molecule has 1 rings (SSSR count). The lowest BCUT2D eigenvalue weighted by molar-refractivity contribution is 0.0949. The second-order valence-electron chi connectivity index (χ2n) is 3.74. The number of amides is 1. The van der Waals surface area contributed by atoms with Gasteiger partial charge in [0.2, 0.25) is 0 Å². The number of carbonyl (C=O) groups excluding carboxylic acids is 1. The highest BCUT2D eigenvalue weighted by molar-refractivity contribution is 9.10. The summed E-state index contributed by atoms with van der Waals surface area (Å²) in [5.74, 6) is 0.558. The van der Waals surface area contributed by atoms with Crippen molar-refractivity contribution in [2.75, 3.05) is 13.2 Å². The van der Waals surface area contributed by atoms with E-state index in [9.17, 15) is 4.79 Å². The molecular weight excluding hydrogens is 282 g/mol. The molecule has 0 spiro atoms. The minimum absolute atomic E-state index is 0.0840. The van der Waals surface area contributed by atoms with Gasteiger partial charge in [-0.3, -0.25) is 4.79 Å². The molecule has 0 atom stereocenters. The summed E-state index contributed by atoms with van der Waals surface area (Å²) in [7, 11) is 0. The second-order valence-corrected chi connectivity index (χ2v) is 4.66. The van der Waals surface area contributed by atoms with Gasteiger partial charge in [0.25, 0.3) is 5.91 Å². The molecule has 0 fully saturated rings. The first-order valence-corrected chi connectivity index (χ1v) is 6.68. The number of carbonyl (C=O) groups is 1. The molecule has 0 saturated carbocycles. The molecule has 0 bridgehead atoms. The maximum absolute atomic E-state index is 11.9. The van der Waals surface area contributed by atoms with Crippen LogP contribution in [0.2, 0.25) is 0 Å². The van der Waals surface area contributed by atoms with E-state index in [0.717, 1.165) is 17.3 Å². The highest BCUT2D eigenvalue weighted by Crippen LogP contribution is 2.23. The van der Waals surface area contributed by atoms with Crippen LogP contribution in [-0.4, -0.2) is 19.1 Å². The average molecular weight is 300 g/mol. The summed E-state index contributed by atoms with van der Waals surface area (Å²) in [6, 6.07) is 5.48. The Kier molecular flexibility index (Phi) is 6.05. The summed E-state index contributed by atoms with van der Waals surface area (Å²) in [6.45, 7) is 5.36. The van der Waals surface area contributed by atoms with Gasteiger partial charge in [-0.1, -0.05) is 29.8 Å². The van der Waals surface area contributed by atoms with Crippen molar-refractivity contribution >= 4 is 21.8 Å². The lowest BCUT2D eigenvalue weighted by Crippen LogP contribution is -2.24. The predicted molar refractivity (Wildman–Crippen MR) is 72.6 cm³/mol. The summed E-state index contributed by atoms with van der Waals surface area (Å²) in [6.07, 6.45) is 1.84. The van der Waals surface area contributed by atoms with Gasteiger partial charge < -0.3 is 10.1 Å². The normalized spacial score (nSPS) is 10.1. The zero-order valence-corrected chi connectivity index (χ0v) is 11.8. The Balaban J connectivity index is 2.85. The molecule has 0 saturated heterocycles. The van der Waals surface area contributed by atoms with Gasteiger partial charge in [-0.2, -0.15) is 0 Å². The van der Waals surface area contributed by atoms with E-state index in [2.05, 4.69) is 21.2 Å². The fraction of sp³-hybridized carbons (Fsp3) is 0.462. The van der Waals surface area contributed by atoms with E-state index in [1.165, 1.54) is 0 Å². The fourth-order valence-electron chi connectivity index (χ4n) is 1.35. The van der Waals surface area contributed by atoms with Crippen molar-refractivity contribution in [3.63, 3.8) is 0 Å². The number of hydrogen-bond acceptors (Lipinski definition) is 2. The Morgan fingerprint density at radius 1 is 1.35 bits per heavy atom. The van der Waals surface area contributed by atoms with Gasteiger partial charge in [0, 0.05) is 11.0 Å². The number of ether oxygens (including phenoxy) is 1. The monoisotopic (exact) mass is 299 g/mol. The van der Waals surface area contributed by atoms with Crippen molar-refractivity contribution in [3.05, 3.63) is 28.2 Å². The van der Waals surface area contributed by atoms with Gasteiger partial charge >= 0.3 is 0 Å². The lowest BCUT2D eigenvalue weighted by atomic mass is 10.2. The van der Waals surface area contributed by atoms with Crippen molar-refractivity contribution in [3.8, 4) is 5.75 Å². The van der Waals surface area contributed by atoms with Crippen LogP contribution in [0.25, 0.3) is 0 Å². The molecule has 0 aliphatic rings. The molecule has 3 nitrogen and oxygen atoms in total. The van der Waals surface area contributed by atoms with Gasteiger partial charge in [0.1, 0.15) is 5.75 Å². The first-order valence-electron chi connectivity index (χ1n) is 5.89. The van der Waals surface area contributed by atoms with Gasteiger partial charge in [-0.25, -0.2) is 0 Å². The quantitative estimate of drug-likeness (QED) is 0.874. The number of benzene rings is 1. The predicted octanol–water partition coefficient (Wildman–Crippen LogP) is 3.38. The Morgan fingerprint density at radius 2 is 2.12 bits per heavy atom. The van der Waals surface area contributed by atoms with Crippen LogP contribution in [0.4, 0.5) is 0 Å². The highest BCUT2D eigenvalue weighted by Gasteiger charge is 2.12. The molecular formula is C13H18BrNO2. The molecule has 1 N–H and O–H groups in total. The minimum Gasteiger partial charge on any atom is -0.493 e. The molecule has 1 aromatic carbocycles. The summed E-state index contributed by atoms with van der Waals surface area (Å²) >= 11 is 3.37. The van der Waals surface area contributed by atoms with Crippen LogP contribution in [0.3, 0.4) is 0 Å². The minimum atomic E-state index is -0.0840. The first-order chi connectivity index (χ1) is 8.19. The number of rotatable bonds is 6. The highest BCUT2D eigenvalue weighted by atomic mass is 79.9. The van der Waals surface area contributed by atoms with Crippen LogP contribution >= 0.6 is 15.9 Å². The maximum atomic E-state index is 11.9. The van der Waals surface area contributed by atoms with Crippen LogP contribution in [-0.2, 0) is 0 Å². The average Bonchev–Trinajstić information content (AvgIpc) is 2.34. The number of halogens is 1. The third-order valence-electron chi connectivity index (χ3n) is 2.18. The zero-order chi connectivity index (χ0) is 12.7. The zero-order valence-electron chi connectivity index (χ0n) is 10.3. The van der Waals surface area contributed by atoms with Crippen molar-refractivity contribution in [1.29, 1.82) is 0 Å². The molecule has 0 aliphatic heterocycles. The summed E-state index contributed by atoms with van der Waals surface area (Å²) in [5.41, 5.74) is 0.585. The summed E-state index contributed by atoms with van der Waals surface area (Å²) in [5, 5.41) is 2.85. The molecule has 4 heteroatoms. The van der Waals surface area contributed by atoms with Crippen LogP contribution < -0.4 is 10.1 Å². The van der Waals surface area contributed by atoms with E-state index in [1.54, 1.807) is 6.07 Å². The number of nitrogens with one attached hydrogen (secondary N) is 1. The molecule has 0 aliphatic carbocycles. The topological polar surface area (TPSA) is 38.3 Å². The molecule has 0 aromatic heterocycles. The van der Waals surface area contributed by atoms with E-state index in [0.29, 0.717) is 24.5 Å². The largest absolute Gasteiger partial charge is 0.493 e. The van der Waals surface area contributed by atoms with E-state index >= 15 is 0 Å². The molecule has 0 radical (unpaired) electrons. The van der Waals surface area contributed by atoms with Gasteiger partial charge in [0.05, 0.1) is 12.2 Å². The molecule has 1 amide bonds. The molecule has 0 unspecified atom stereocenters. The van der Waals surface area contributed by atoms with Crippen LogP contribution in [0, 0.1) is 0 Å². The van der Waals surface area contributed by atoms with Crippen LogP contribution in [0.15, 0.2) is 22.7 Å². The van der Waals surface area contributed by atoms with E-state index in [-0.39, 0.29) is 5.91 Å². The smallest absolute Gasteiger partial charge is 0.255 e. The van der Waals surface area contributed by atoms with Crippen molar-refractivity contribution in [2.45, 2.75) is 26.7 Å². The van der Waals surface area contributed by atoms with Crippen LogP contribution in [0.5, 0.6) is 5.75 Å². The third kappa shape index (κ3) is 4.38. The Hall–Kier alpha value is -1.03. The second kappa shape index (κ2) is 7.33. The SMILES string of the molecule is CCCNC(=O)c1cc(Br)ccc1OCCC. The van der Waals surface area contributed by atoms with E-state index in [4.69, 9.17) is 4.74 Å². The van der Waals surface area contributed by atoms with Crippen molar-refractivity contribution in [1.82, 2.24) is 5.32 Å². The standard InChI is InChI=1S/C13H18BrNO2/c1-3-7-15-13(16)11-9-10(14)5-6-12(11)17-8-4-2/h5-6,9H,3-4,7-8H2,1-2H3,(H,15,16). The van der Waals surface area contributed by atoms with Crippen molar-refractivity contribution in [2.24, 2.45) is 0 Å². The Morgan fingerprint density at radius 3 is 2.76 bits per heavy atom. The van der Waals surface area contributed by atoms with E-state index < -0.39 is 0 Å². The first kappa shape index (κ1) is 14.0.